The smallest absolute Gasteiger partial charge is 0.331 e. The third-order valence-electron chi connectivity index (χ3n) is 4.57. The molecule has 26 heavy (non-hydrogen) atoms. The van der Waals surface area contributed by atoms with Crippen molar-refractivity contribution in [2.75, 3.05) is 20.3 Å². The number of fused-ring (bicyclic) bond motifs is 1. The Morgan fingerprint density at radius 2 is 2.04 bits per heavy atom. The molecule has 0 spiro atoms. The predicted octanol–water partition coefficient (Wildman–Crippen LogP) is 0.0737. The molecule has 0 saturated heterocycles. The average molecular weight is 359 g/mol. The van der Waals surface area contributed by atoms with Crippen LogP contribution in [-0.2, 0) is 20.5 Å². The van der Waals surface area contributed by atoms with Crippen LogP contribution in [0.25, 0.3) is 0 Å². The van der Waals surface area contributed by atoms with Gasteiger partial charge < -0.3 is 14.8 Å². The van der Waals surface area contributed by atoms with Crippen molar-refractivity contribution < 1.29 is 14.3 Å². The third-order valence-corrected chi connectivity index (χ3v) is 4.57. The van der Waals surface area contributed by atoms with Gasteiger partial charge in [-0.2, -0.15) is 0 Å². The van der Waals surface area contributed by atoms with Gasteiger partial charge in [0.15, 0.2) is 0 Å². The standard InChI is InChI=1S/C18H21N3O5/c1-20-14(8-16(22)21(2)18(20)24)17(23)19-9-11-6-12-4-5-13(25-3)7-15(12)26-10-11/h4-5,7-8,11H,6,9-10H2,1-3H3,(H,19,23). The number of hydrogen-bond donors (Lipinski definition) is 1. The molecule has 0 aliphatic carbocycles. The van der Waals surface area contributed by atoms with Gasteiger partial charge in [-0.25, -0.2) is 4.79 Å². The SMILES string of the molecule is COc1ccc2c(c1)OCC(CNC(=O)c1cc(=O)n(C)c(=O)n1C)C2. The molecule has 1 aromatic carbocycles. The van der Waals surface area contributed by atoms with Crippen LogP contribution in [0.3, 0.4) is 0 Å². The molecule has 1 aliphatic rings. The predicted molar refractivity (Wildman–Crippen MR) is 94.9 cm³/mol. The summed E-state index contributed by atoms with van der Waals surface area (Å²) in [4.78, 5) is 36.1. The van der Waals surface area contributed by atoms with E-state index in [0.29, 0.717) is 13.2 Å². The third kappa shape index (κ3) is 3.35. The molecule has 138 valence electrons. The van der Waals surface area contributed by atoms with E-state index in [1.54, 1.807) is 7.11 Å². The van der Waals surface area contributed by atoms with Crippen molar-refractivity contribution in [2.45, 2.75) is 6.42 Å². The molecule has 1 atom stereocenters. The Balaban J connectivity index is 1.67. The van der Waals surface area contributed by atoms with Crippen LogP contribution in [0, 0.1) is 5.92 Å². The maximum Gasteiger partial charge on any atom is 0.331 e. The van der Waals surface area contributed by atoms with E-state index in [4.69, 9.17) is 9.47 Å². The van der Waals surface area contributed by atoms with Gasteiger partial charge in [-0.3, -0.25) is 18.7 Å². The highest BCUT2D eigenvalue weighted by atomic mass is 16.5. The van der Waals surface area contributed by atoms with Crippen LogP contribution >= 0.6 is 0 Å². The van der Waals surface area contributed by atoms with Gasteiger partial charge in [-0.15, -0.1) is 0 Å². The first-order chi connectivity index (χ1) is 12.4. The van der Waals surface area contributed by atoms with Crippen molar-refractivity contribution in [1.82, 2.24) is 14.5 Å². The van der Waals surface area contributed by atoms with Gasteiger partial charge in [-0.1, -0.05) is 6.07 Å². The molecule has 2 aromatic rings. The fraction of sp³-hybridized carbons (Fsp3) is 0.389. The lowest BCUT2D eigenvalue weighted by Gasteiger charge is -2.26. The summed E-state index contributed by atoms with van der Waals surface area (Å²) in [7, 11) is 4.44. The quantitative estimate of drug-likeness (QED) is 0.834. The molecular formula is C18H21N3O5. The largest absolute Gasteiger partial charge is 0.497 e. The van der Waals surface area contributed by atoms with Crippen LogP contribution in [0.15, 0.2) is 33.9 Å². The molecule has 8 nitrogen and oxygen atoms in total. The van der Waals surface area contributed by atoms with Crippen LogP contribution in [0.4, 0.5) is 0 Å². The molecule has 1 N–H and O–H groups in total. The van der Waals surface area contributed by atoms with E-state index in [-0.39, 0.29) is 11.6 Å². The van der Waals surface area contributed by atoms with E-state index in [0.717, 1.165) is 38.7 Å². The van der Waals surface area contributed by atoms with Crippen LogP contribution in [0.1, 0.15) is 16.1 Å². The van der Waals surface area contributed by atoms with E-state index >= 15 is 0 Å². The summed E-state index contributed by atoms with van der Waals surface area (Å²) in [5.41, 5.74) is 0.0471. The number of aromatic nitrogens is 2. The Bertz CT molecular complexity index is 960. The Morgan fingerprint density at radius 3 is 2.77 bits per heavy atom. The lowest BCUT2D eigenvalue weighted by Crippen LogP contribution is -2.42. The first-order valence-electron chi connectivity index (χ1n) is 8.25. The van der Waals surface area contributed by atoms with Gasteiger partial charge in [0.05, 0.1) is 13.7 Å². The number of carbonyl (C=O) groups is 1. The van der Waals surface area contributed by atoms with E-state index < -0.39 is 17.2 Å². The first-order valence-corrected chi connectivity index (χ1v) is 8.25. The number of ether oxygens (including phenoxy) is 2. The molecule has 1 unspecified atom stereocenters. The molecule has 8 heteroatoms. The van der Waals surface area contributed by atoms with Crippen LogP contribution in [-0.4, -0.2) is 35.3 Å². The number of nitrogens with zero attached hydrogens (tertiary/aromatic N) is 2. The zero-order valence-electron chi connectivity index (χ0n) is 14.9. The number of amides is 1. The molecule has 0 fully saturated rings. The second-order valence-corrected chi connectivity index (χ2v) is 6.33. The number of benzene rings is 1. The molecule has 1 aliphatic heterocycles. The Hall–Kier alpha value is -3.03. The summed E-state index contributed by atoms with van der Waals surface area (Å²) in [5.74, 6) is 1.18. The van der Waals surface area contributed by atoms with E-state index in [9.17, 15) is 14.4 Å². The van der Waals surface area contributed by atoms with Crippen LogP contribution in [0.5, 0.6) is 11.5 Å². The van der Waals surface area contributed by atoms with Crippen LogP contribution in [0.2, 0.25) is 0 Å². The average Bonchev–Trinajstić information content (AvgIpc) is 2.66. The lowest BCUT2D eigenvalue weighted by atomic mass is 9.96. The summed E-state index contributed by atoms with van der Waals surface area (Å²) in [6, 6.07) is 6.83. The zero-order valence-corrected chi connectivity index (χ0v) is 14.9. The summed E-state index contributed by atoms with van der Waals surface area (Å²) in [6.07, 6.45) is 0.759. The minimum absolute atomic E-state index is 0.0416. The highest BCUT2D eigenvalue weighted by Crippen LogP contribution is 2.30. The van der Waals surface area contributed by atoms with Gasteiger partial charge in [0.2, 0.25) is 0 Å². The van der Waals surface area contributed by atoms with Gasteiger partial charge >= 0.3 is 5.69 Å². The molecule has 2 heterocycles. The number of hydrogen-bond acceptors (Lipinski definition) is 5. The molecule has 0 saturated carbocycles. The van der Waals surface area contributed by atoms with Crippen molar-refractivity contribution in [3.05, 3.63) is 56.4 Å². The van der Waals surface area contributed by atoms with Crippen molar-refractivity contribution in [1.29, 1.82) is 0 Å². The Labute approximate surface area is 150 Å². The van der Waals surface area contributed by atoms with Crippen molar-refractivity contribution >= 4 is 5.91 Å². The number of nitrogens with one attached hydrogen (secondary N) is 1. The second kappa shape index (κ2) is 7.07. The fourth-order valence-electron chi connectivity index (χ4n) is 2.95. The lowest BCUT2D eigenvalue weighted by molar-refractivity contribution is 0.0928. The molecule has 0 radical (unpaired) electrons. The number of methoxy groups -OCH3 is 1. The van der Waals surface area contributed by atoms with Crippen molar-refractivity contribution in [3.8, 4) is 11.5 Å². The molecule has 1 aromatic heterocycles. The van der Waals surface area contributed by atoms with Crippen LogP contribution < -0.4 is 26.0 Å². The molecule has 3 rings (SSSR count). The second-order valence-electron chi connectivity index (χ2n) is 6.33. The summed E-state index contributed by atoms with van der Waals surface area (Å²) in [5, 5.41) is 2.79. The minimum atomic E-state index is -0.536. The first kappa shape index (κ1) is 17.8. The Kier molecular flexibility index (Phi) is 4.83. The highest BCUT2D eigenvalue weighted by molar-refractivity contribution is 5.92. The van der Waals surface area contributed by atoms with Gasteiger partial charge in [0.1, 0.15) is 17.2 Å². The maximum absolute atomic E-state index is 12.4. The van der Waals surface area contributed by atoms with E-state index in [1.807, 2.05) is 18.2 Å². The molecule has 0 bridgehead atoms. The minimum Gasteiger partial charge on any atom is -0.497 e. The van der Waals surface area contributed by atoms with Gasteiger partial charge in [-0.05, 0) is 18.1 Å². The van der Waals surface area contributed by atoms with Crippen molar-refractivity contribution in [2.24, 2.45) is 20.0 Å². The summed E-state index contributed by atoms with van der Waals surface area (Å²) < 4.78 is 13.1. The van der Waals surface area contributed by atoms with Crippen molar-refractivity contribution in [3.63, 3.8) is 0 Å². The fourth-order valence-corrected chi connectivity index (χ4v) is 2.95. The topological polar surface area (TPSA) is 91.6 Å². The highest BCUT2D eigenvalue weighted by Gasteiger charge is 2.22. The normalized spacial score (nSPS) is 15.7. The number of rotatable bonds is 4. The zero-order chi connectivity index (χ0) is 18.8. The molecular weight excluding hydrogens is 338 g/mol. The Morgan fingerprint density at radius 1 is 1.27 bits per heavy atom. The summed E-state index contributed by atoms with van der Waals surface area (Å²) in [6.45, 7) is 0.851. The summed E-state index contributed by atoms with van der Waals surface area (Å²) >= 11 is 0. The molecule has 1 amide bonds. The number of carbonyl (C=O) groups excluding carboxylic acids is 1. The van der Waals surface area contributed by atoms with Gasteiger partial charge in [0.25, 0.3) is 11.5 Å². The maximum atomic E-state index is 12.4. The van der Waals surface area contributed by atoms with E-state index in [1.165, 1.54) is 14.1 Å². The van der Waals surface area contributed by atoms with Gasteiger partial charge in [0, 0.05) is 38.7 Å². The van der Waals surface area contributed by atoms with E-state index in [2.05, 4.69) is 5.32 Å². The monoisotopic (exact) mass is 359 g/mol.